The summed E-state index contributed by atoms with van der Waals surface area (Å²) < 4.78 is 42.1. The average molecular weight is 303 g/mol. The number of nitrogens with one attached hydrogen (secondary N) is 1. The molecule has 20 heavy (non-hydrogen) atoms. The molecule has 1 aromatic carbocycles. The lowest BCUT2D eigenvalue weighted by atomic mass is 10.1. The highest BCUT2D eigenvalue weighted by molar-refractivity contribution is 7.15. The Bertz CT molecular complexity index is 571. The van der Waals surface area contributed by atoms with E-state index in [2.05, 4.69) is 15.5 Å². The predicted octanol–water partition coefficient (Wildman–Crippen LogP) is 3.22. The standard InChI is InChI=1S/C12H12F3N3OS/c1-19-9-4-2-3-8(7-9)5-6-16-11-18-17-10(20-11)12(13,14)15/h2-4,7H,5-6H2,1H3,(H,16,18). The molecule has 0 aliphatic rings. The lowest BCUT2D eigenvalue weighted by Gasteiger charge is -2.05. The van der Waals surface area contributed by atoms with Crippen molar-refractivity contribution in [1.82, 2.24) is 10.2 Å². The maximum Gasteiger partial charge on any atom is 0.445 e. The number of alkyl halides is 3. The van der Waals surface area contributed by atoms with Gasteiger partial charge < -0.3 is 10.1 Å². The minimum absolute atomic E-state index is 0.167. The topological polar surface area (TPSA) is 47.0 Å². The predicted molar refractivity (Wildman–Crippen MR) is 70.1 cm³/mol. The van der Waals surface area contributed by atoms with Gasteiger partial charge in [-0.2, -0.15) is 13.2 Å². The molecule has 8 heteroatoms. The van der Waals surface area contributed by atoms with Crippen molar-refractivity contribution >= 4 is 16.5 Å². The number of hydrogen-bond donors (Lipinski definition) is 1. The van der Waals surface area contributed by atoms with E-state index in [-0.39, 0.29) is 5.13 Å². The maximum absolute atomic E-state index is 12.3. The highest BCUT2D eigenvalue weighted by Crippen LogP contribution is 2.32. The first-order valence-corrected chi connectivity index (χ1v) is 6.58. The van der Waals surface area contributed by atoms with E-state index in [1.165, 1.54) is 0 Å². The third-order valence-corrected chi connectivity index (χ3v) is 3.42. The molecule has 0 amide bonds. The molecular weight excluding hydrogens is 291 g/mol. The van der Waals surface area contributed by atoms with Gasteiger partial charge in [-0.3, -0.25) is 0 Å². The fraction of sp³-hybridized carbons (Fsp3) is 0.333. The van der Waals surface area contributed by atoms with E-state index < -0.39 is 11.2 Å². The van der Waals surface area contributed by atoms with Crippen molar-refractivity contribution in [2.75, 3.05) is 19.0 Å². The lowest BCUT2D eigenvalue weighted by molar-refractivity contribution is -0.138. The van der Waals surface area contributed by atoms with Gasteiger partial charge in [0.1, 0.15) is 5.75 Å². The Morgan fingerprint density at radius 1 is 1.30 bits per heavy atom. The second-order valence-electron chi connectivity index (χ2n) is 3.94. The summed E-state index contributed by atoms with van der Waals surface area (Å²) in [5, 5.41) is 8.61. The van der Waals surface area contributed by atoms with Crippen LogP contribution in [-0.2, 0) is 12.6 Å². The number of rotatable bonds is 5. The summed E-state index contributed by atoms with van der Waals surface area (Å²) in [4.78, 5) is 0. The molecule has 4 nitrogen and oxygen atoms in total. The van der Waals surface area contributed by atoms with Gasteiger partial charge in [-0.1, -0.05) is 23.5 Å². The van der Waals surface area contributed by atoms with Crippen molar-refractivity contribution in [2.45, 2.75) is 12.6 Å². The molecule has 0 atom stereocenters. The van der Waals surface area contributed by atoms with Crippen LogP contribution in [0, 0.1) is 0 Å². The van der Waals surface area contributed by atoms with Crippen molar-refractivity contribution in [2.24, 2.45) is 0 Å². The number of hydrogen-bond acceptors (Lipinski definition) is 5. The molecule has 108 valence electrons. The quantitative estimate of drug-likeness (QED) is 0.921. The van der Waals surface area contributed by atoms with Crippen LogP contribution in [0.2, 0.25) is 0 Å². The fourth-order valence-corrected chi connectivity index (χ4v) is 2.19. The molecule has 0 saturated carbocycles. The van der Waals surface area contributed by atoms with Crippen LogP contribution < -0.4 is 10.1 Å². The van der Waals surface area contributed by atoms with Crippen LogP contribution in [0.3, 0.4) is 0 Å². The van der Waals surface area contributed by atoms with Gasteiger partial charge in [0.15, 0.2) is 0 Å². The van der Waals surface area contributed by atoms with Gasteiger partial charge in [-0.05, 0) is 24.1 Å². The molecule has 0 aliphatic carbocycles. The van der Waals surface area contributed by atoms with Gasteiger partial charge in [0.2, 0.25) is 10.1 Å². The van der Waals surface area contributed by atoms with E-state index >= 15 is 0 Å². The second kappa shape index (κ2) is 6.08. The van der Waals surface area contributed by atoms with Gasteiger partial charge >= 0.3 is 6.18 Å². The number of benzene rings is 1. The maximum atomic E-state index is 12.3. The molecule has 0 fully saturated rings. The minimum Gasteiger partial charge on any atom is -0.497 e. The van der Waals surface area contributed by atoms with Gasteiger partial charge in [0.05, 0.1) is 7.11 Å². The first-order valence-electron chi connectivity index (χ1n) is 5.76. The molecule has 0 aliphatic heterocycles. The van der Waals surface area contributed by atoms with Crippen LogP contribution in [0.5, 0.6) is 5.75 Å². The highest BCUT2D eigenvalue weighted by Gasteiger charge is 2.35. The van der Waals surface area contributed by atoms with E-state index in [0.717, 1.165) is 11.3 Å². The molecule has 2 rings (SSSR count). The van der Waals surface area contributed by atoms with Crippen molar-refractivity contribution in [3.05, 3.63) is 34.8 Å². The van der Waals surface area contributed by atoms with Crippen LogP contribution in [0.1, 0.15) is 10.6 Å². The van der Waals surface area contributed by atoms with E-state index in [4.69, 9.17) is 4.74 Å². The highest BCUT2D eigenvalue weighted by atomic mass is 32.1. The molecule has 0 saturated heterocycles. The lowest BCUT2D eigenvalue weighted by Crippen LogP contribution is -2.04. The first kappa shape index (κ1) is 14.6. The van der Waals surface area contributed by atoms with E-state index in [9.17, 15) is 13.2 Å². The summed E-state index contributed by atoms with van der Waals surface area (Å²) in [6, 6.07) is 7.49. The summed E-state index contributed by atoms with van der Waals surface area (Å²) in [6.45, 7) is 0.472. The van der Waals surface area contributed by atoms with Crippen LogP contribution >= 0.6 is 11.3 Å². The van der Waals surface area contributed by atoms with E-state index in [1.54, 1.807) is 7.11 Å². The van der Waals surface area contributed by atoms with Gasteiger partial charge in [-0.25, -0.2) is 0 Å². The van der Waals surface area contributed by atoms with Crippen molar-refractivity contribution in [1.29, 1.82) is 0 Å². The Hall–Kier alpha value is -1.83. The zero-order valence-electron chi connectivity index (χ0n) is 10.6. The zero-order valence-corrected chi connectivity index (χ0v) is 11.4. The number of anilines is 1. The summed E-state index contributed by atoms with van der Waals surface area (Å²) >= 11 is 0.500. The molecule has 1 aromatic heterocycles. The summed E-state index contributed by atoms with van der Waals surface area (Å²) in [5.74, 6) is 0.748. The number of aromatic nitrogens is 2. The molecule has 0 spiro atoms. The summed E-state index contributed by atoms with van der Waals surface area (Å²) in [5.41, 5.74) is 1.03. The Morgan fingerprint density at radius 2 is 2.10 bits per heavy atom. The zero-order chi connectivity index (χ0) is 14.6. The van der Waals surface area contributed by atoms with Crippen molar-refractivity contribution in [3.63, 3.8) is 0 Å². The number of nitrogens with zero attached hydrogens (tertiary/aromatic N) is 2. The third kappa shape index (κ3) is 3.83. The Morgan fingerprint density at radius 3 is 2.75 bits per heavy atom. The number of ether oxygens (including phenoxy) is 1. The SMILES string of the molecule is COc1cccc(CCNc2nnc(C(F)(F)F)s2)c1. The van der Waals surface area contributed by atoms with Crippen LogP contribution in [0.15, 0.2) is 24.3 Å². The molecule has 0 radical (unpaired) electrons. The largest absolute Gasteiger partial charge is 0.497 e. The monoisotopic (exact) mass is 303 g/mol. The third-order valence-electron chi connectivity index (χ3n) is 2.49. The Kier molecular flexibility index (Phi) is 4.43. The normalized spacial score (nSPS) is 11.4. The molecule has 1 heterocycles. The number of methoxy groups -OCH3 is 1. The summed E-state index contributed by atoms with van der Waals surface area (Å²) in [6.07, 6.45) is -3.79. The molecule has 0 unspecified atom stereocenters. The fourth-order valence-electron chi connectivity index (χ4n) is 1.55. The van der Waals surface area contributed by atoms with Crippen molar-refractivity contribution < 1.29 is 17.9 Å². The van der Waals surface area contributed by atoms with Gasteiger partial charge in [0, 0.05) is 6.54 Å². The molecule has 2 aromatic rings. The van der Waals surface area contributed by atoms with Crippen LogP contribution in [0.25, 0.3) is 0 Å². The van der Waals surface area contributed by atoms with Crippen LogP contribution in [0.4, 0.5) is 18.3 Å². The smallest absolute Gasteiger partial charge is 0.445 e. The second-order valence-corrected chi connectivity index (χ2v) is 4.92. The van der Waals surface area contributed by atoms with Gasteiger partial charge in [-0.15, -0.1) is 10.2 Å². The number of halogens is 3. The summed E-state index contributed by atoms with van der Waals surface area (Å²) in [7, 11) is 1.58. The van der Waals surface area contributed by atoms with Crippen LogP contribution in [-0.4, -0.2) is 23.9 Å². The minimum atomic E-state index is -4.44. The molecule has 0 bridgehead atoms. The first-order chi connectivity index (χ1) is 9.49. The Labute approximate surface area is 117 Å². The molecule has 1 N–H and O–H groups in total. The van der Waals surface area contributed by atoms with E-state index in [1.807, 2.05) is 24.3 Å². The average Bonchev–Trinajstić information content (AvgIpc) is 2.88. The van der Waals surface area contributed by atoms with Gasteiger partial charge in [0.25, 0.3) is 0 Å². The molecular formula is C12H12F3N3OS. The van der Waals surface area contributed by atoms with Crippen molar-refractivity contribution in [3.8, 4) is 5.75 Å². The Balaban J connectivity index is 1.88. The van der Waals surface area contributed by atoms with E-state index in [0.29, 0.717) is 24.3 Å².